The number of fused-ring (bicyclic) bond motifs is 1. The van der Waals surface area contributed by atoms with Crippen LogP contribution in [0, 0.1) is 18.8 Å². The summed E-state index contributed by atoms with van der Waals surface area (Å²) in [5, 5.41) is 9.80. The van der Waals surface area contributed by atoms with Crippen molar-refractivity contribution in [2.45, 2.75) is 26.3 Å². The van der Waals surface area contributed by atoms with Crippen molar-refractivity contribution < 1.29 is 14.3 Å². The molecule has 0 aliphatic carbocycles. The van der Waals surface area contributed by atoms with Gasteiger partial charge in [-0.25, -0.2) is 4.79 Å². The van der Waals surface area contributed by atoms with Crippen LogP contribution in [-0.2, 0) is 0 Å². The Morgan fingerprint density at radius 3 is 2.68 bits per heavy atom. The first-order valence-electron chi connectivity index (χ1n) is 5.87. The van der Waals surface area contributed by atoms with Crippen molar-refractivity contribution in [2.75, 3.05) is 0 Å². The quantitative estimate of drug-likeness (QED) is 0.770. The number of benzene rings is 1. The van der Waals surface area contributed by atoms with Gasteiger partial charge in [-0.15, -0.1) is 0 Å². The third-order valence-corrected chi connectivity index (χ3v) is 2.67. The number of aromatic carboxylic acids is 1. The van der Waals surface area contributed by atoms with Crippen LogP contribution in [0.3, 0.4) is 0 Å². The van der Waals surface area contributed by atoms with E-state index >= 15 is 0 Å². The second kappa shape index (κ2) is 4.45. The molecule has 98 valence electrons. The molecule has 0 amide bonds. The molecular formula is C15H15NO3. The molecule has 0 aliphatic heterocycles. The first kappa shape index (κ1) is 13.2. The maximum atomic E-state index is 11.1. The van der Waals surface area contributed by atoms with Crippen molar-refractivity contribution in [1.29, 1.82) is 0 Å². The van der Waals surface area contributed by atoms with E-state index in [4.69, 9.17) is 15.3 Å². The van der Waals surface area contributed by atoms with Gasteiger partial charge in [0, 0.05) is 16.5 Å². The van der Waals surface area contributed by atoms with Gasteiger partial charge >= 0.3 is 5.97 Å². The van der Waals surface area contributed by atoms with Crippen LogP contribution in [0.2, 0.25) is 0 Å². The molecule has 1 aromatic heterocycles. The first-order valence-corrected chi connectivity index (χ1v) is 5.87. The van der Waals surface area contributed by atoms with Gasteiger partial charge in [0.15, 0.2) is 0 Å². The molecule has 0 radical (unpaired) electrons. The van der Waals surface area contributed by atoms with Crippen molar-refractivity contribution in [3.8, 4) is 11.8 Å². The predicted octanol–water partition coefficient (Wildman–Crippen LogP) is 2.53. The summed E-state index contributed by atoms with van der Waals surface area (Å²) >= 11 is 0. The van der Waals surface area contributed by atoms with Gasteiger partial charge in [-0.05, 0) is 32.9 Å². The number of carboxylic acids is 1. The zero-order valence-corrected chi connectivity index (χ0v) is 11.1. The van der Waals surface area contributed by atoms with Crippen LogP contribution in [-0.4, -0.2) is 16.6 Å². The molecule has 0 saturated heterocycles. The van der Waals surface area contributed by atoms with Crippen LogP contribution >= 0.6 is 0 Å². The number of rotatable bonds is 1. The van der Waals surface area contributed by atoms with E-state index < -0.39 is 11.5 Å². The predicted molar refractivity (Wildman–Crippen MR) is 73.1 cm³/mol. The average molecular weight is 257 g/mol. The Kier molecular flexibility index (Phi) is 3.09. The fourth-order valence-corrected chi connectivity index (χ4v) is 1.84. The highest BCUT2D eigenvalue weighted by molar-refractivity contribution is 5.97. The second-order valence-electron chi connectivity index (χ2n) is 5.01. The van der Waals surface area contributed by atoms with Crippen LogP contribution in [0.1, 0.15) is 35.5 Å². The van der Waals surface area contributed by atoms with Gasteiger partial charge in [0.2, 0.25) is 5.76 Å². The Morgan fingerprint density at radius 1 is 1.42 bits per heavy atom. The first-order chi connectivity index (χ1) is 8.79. The summed E-state index contributed by atoms with van der Waals surface area (Å²) in [5.41, 5.74) is 7.06. The molecule has 2 rings (SSSR count). The average Bonchev–Trinajstić information content (AvgIpc) is 2.64. The van der Waals surface area contributed by atoms with Crippen LogP contribution in [0.15, 0.2) is 22.6 Å². The molecule has 0 spiro atoms. The van der Waals surface area contributed by atoms with E-state index in [2.05, 4.69) is 11.8 Å². The fourth-order valence-electron chi connectivity index (χ4n) is 1.84. The Labute approximate surface area is 111 Å². The summed E-state index contributed by atoms with van der Waals surface area (Å²) in [6.45, 7) is 5.34. The molecule has 0 saturated carbocycles. The third-order valence-electron chi connectivity index (χ3n) is 2.67. The van der Waals surface area contributed by atoms with Gasteiger partial charge in [0.1, 0.15) is 5.58 Å². The van der Waals surface area contributed by atoms with Gasteiger partial charge in [-0.1, -0.05) is 17.9 Å². The number of aryl methyl sites for hydroxylation is 1. The van der Waals surface area contributed by atoms with Crippen molar-refractivity contribution in [3.05, 3.63) is 35.1 Å². The van der Waals surface area contributed by atoms with Crippen molar-refractivity contribution in [3.63, 3.8) is 0 Å². The van der Waals surface area contributed by atoms with Gasteiger partial charge < -0.3 is 15.3 Å². The molecule has 0 atom stereocenters. The largest absolute Gasteiger partial charge is 0.475 e. The van der Waals surface area contributed by atoms with E-state index in [1.165, 1.54) is 0 Å². The Morgan fingerprint density at radius 2 is 2.11 bits per heavy atom. The van der Waals surface area contributed by atoms with E-state index in [1.54, 1.807) is 19.1 Å². The Hall–Kier alpha value is -2.25. The minimum atomic E-state index is -1.08. The van der Waals surface area contributed by atoms with E-state index in [9.17, 15) is 4.79 Å². The van der Waals surface area contributed by atoms with Crippen LogP contribution in [0.5, 0.6) is 0 Å². The van der Waals surface area contributed by atoms with Crippen LogP contribution < -0.4 is 5.73 Å². The molecule has 2 aromatic rings. The number of hydrogen-bond donors (Lipinski definition) is 2. The maximum Gasteiger partial charge on any atom is 0.372 e. The van der Waals surface area contributed by atoms with Gasteiger partial charge in [-0.3, -0.25) is 0 Å². The molecule has 0 aliphatic rings. The highest BCUT2D eigenvalue weighted by atomic mass is 16.4. The van der Waals surface area contributed by atoms with Crippen LogP contribution in [0.4, 0.5) is 0 Å². The highest BCUT2D eigenvalue weighted by Crippen LogP contribution is 2.28. The summed E-state index contributed by atoms with van der Waals surface area (Å²) in [6.07, 6.45) is 0. The summed E-state index contributed by atoms with van der Waals surface area (Å²) in [5.74, 6) is 4.81. The molecule has 0 unspecified atom stereocenters. The monoisotopic (exact) mass is 257 g/mol. The highest BCUT2D eigenvalue weighted by Gasteiger charge is 2.18. The zero-order chi connectivity index (χ0) is 14.2. The lowest BCUT2D eigenvalue weighted by Crippen LogP contribution is -2.29. The van der Waals surface area contributed by atoms with Crippen LogP contribution in [0.25, 0.3) is 11.0 Å². The standard InChI is InChI=1S/C15H15NO3/c1-9-12-10(7-8-15(2,3)16)5-4-6-11(12)19-13(9)14(17)18/h4-6H,16H2,1-3H3,(H,17,18). The van der Waals surface area contributed by atoms with Crippen molar-refractivity contribution >= 4 is 16.9 Å². The normalized spacial score (nSPS) is 11.2. The number of nitrogens with two attached hydrogens (primary N) is 1. The lowest BCUT2D eigenvalue weighted by Gasteiger charge is -2.07. The molecule has 4 nitrogen and oxygen atoms in total. The minimum Gasteiger partial charge on any atom is -0.475 e. The Bertz CT molecular complexity index is 709. The number of hydrogen-bond acceptors (Lipinski definition) is 3. The summed E-state index contributed by atoms with van der Waals surface area (Å²) in [4.78, 5) is 11.1. The van der Waals surface area contributed by atoms with E-state index in [1.807, 2.05) is 19.9 Å². The second-order valence-corrected chi connectivity index (χ2v) is 5.01. The van der Waals surface area contributed by atoms with Gasteiger partial charge in [0.25, 0.3) is 0 Å². The van der Waals surface area contributed by atoms with E-state index in [0.717, 1.165) is 10.9 Å². The van der Waals surface area contributed by atoms with Gasteiger partial charge in [-0.2, -0.15) is 0 Å². The lowest BCUT2D eigenvalue weighted by molar-refractivity contribution is 0.0664. The number of furan rings is 1. The topological polar surface area (TPSA) is 76.5 Å². The molecular weight excluding hydrogens is 242 g/mol. The van der Waals surface area contributed by atoms with Crippen molar-refractivity contribution in [1.82, 2.24) is 0 Å². The molecule has 1 aromatic carbocycles. The zero-order valence-electron chi connectivity index (χ0n) is 11.1. The molecule has 19 heavy (non-hydrogen) atoms. The maximum absolute atomic E-state index is 11.1. The van der Waals surface area contributed by atoms with Gasteiger partial charge in [0.05, 0.1) is 5.54 Å². The SMILES string of the molecule is Cc1c(C(=O)O)oc2cccc(C#CC(C)(C)N)c12. The summed E-state index contributed by atoms with van der Waals surface area (Å²) in [7, 11) is 0. The number of carbonyl (C=O) groups is 1. The third kappa shape index (κ3) is 2.61. The molecule has 0 fully saturated rings. The number of carboxylic acid groups (broad SMARTS) is 1. The van der Waals surface area contributed by atoms with E-state index in [-0.39, 0.29) is 5.76 Å². The van der Waals surface area contributed by atoms with E-state index in [0.29, 0.717) is 11.1 Å². The Balaban J connectivity index is 2.69. The minimum absolute atomic E-state index is 0.0451. The molecule has 4 heteroatoms. The molecule has 3 N–H and O–H groups in total. The molecule has 1 heterocycles. The summed E-state index contributed by atoms with van der Waals surface area (Å²) in [6, 6.07) is 5.34. The summed E-state index contributed by atoms with van der Waals surface area (Å²) < 4.78 is 5.33. The smallest absolute Gasteiger partial charge is 0.372 e. The molecule has 0 bridgehead atoms. The lowest BCUT2D eigenvalue weighted by atomic mass is 10.0. The fraction of sp³-hybridized carbons (Fsp3) is 0.267. The van der Waals surface area contributed by atoms with Crippen molar-refractivity contribution in [2.24, 2.45) is 5.73 Å².